The van der Waals surface area contributed by atoms with Crippen LogP contribution < -0.4 is 10.2 Å². The molecule has 0 saturated carbocycles. The average molecular weight is 515 g/mol. The lowest BCUT2D eigenvalue weighted by atomic mass is 10.1. The zero-order valence-corrected chi connectivity index (χ0v) is 21.3. The minimum atomic E-state index is -1.60. The molecule has 36 heavy (non-hydrogen) atoms. The van der Waals surface area contributed by atoms with Crippen molar-refractivity contribution >= 4 is 45.6 Å². The van der Waals surface area contributed by atoms with E-state index in [2.05, 4.69) is 5.32 Å². The lowest BCUT2D eigenvalue weighted by molar-refractivity contribution is 0.0979. The second kappa shape index (κ2) is 9.72. The molecule has 5 rings (SSSR count). The summed E-state index contributed by atoms with van der Waals surface area (Å²) in [4.78, 5) is 29.5. The van der Waals surface area contributed by atoms with Crippen LogP contribution in [0.15, 0.2) is 94.7 Å². The van der Waals surface area contributed by atoms with Gasteiger partial charge in [0.25, 0.3) is 11.8 Å². The third-order valence-electron chi connectivity index (χ3n) is 6.22. The Morgan fingerprint density at radius 1 is 0.889 bits per heavy atom. The standard InChI is InChI=1S/C29H23ClN2O3S/c1-18-7-5-8-19(2)27(18)31-28(33)21-13-14-26-24(16-21)32(17-20-9-6-10-22(30)15-20)29(34)23-11-3-4-12-25(23)36(26)35/h3-16H,17H2,1-2H3,(H,31,33)/t36-/m1/s1. The first-order valence-corrected chi connectivity index (χ1v) is 12.9. The smallest absolute Gasteiger partial charge is 0.259 e. The average Bonchev–Trinajstić information content (AvgIpc) is 2.96. The van der Waals surface area contributed by atoms with Crippen molar-refractivity contribution in [1.82, 2.24) is 0 Å². The maximum absolute atomic E-state index is 13.8. The Labute approximate surface area is 217 Å². The SMILES string of the molecule is Cc1cccc(C)c1NC(=O)c1ccc2c(c1)N(Cc1cccc(Cl)c1)C(=O)c1ccccc1[S@]2=O. The number of fused-ring (bicyclic) bond motifs is 2. The van der Waals surface area contributed by atoms with Crippen molar-refractivity contribution in [1.29, 1.82) is 0 Å². The third kappa shape index (κ3) is 4.45. The number of aryl methyl sites for hydroxylation is 2. The van der Waals surface area contributed by atoms with Crippen LogP contribution in [0.2, 0.25) is 5.02 Å². The molecule has 1 aliphatic heterocycles. The van der Waals surface area contributed by atoms with Crippen LogP contribution in [0.5, 0.6) is 0 Å². The van der Waals surface area contributed by atoms with Gasteiger partial charge in [0, 0.05) is 16.3 Å². The Morgan fingerprint density at radius 3 is 2.36 bits per heavy atom. The van der Waals surface area contributed by atoms with Gasteiger partial charge in [0.1, 0.15) is 0 Å². The monoisotopic (exact) mass is 514 g/mol. The lowest BCUT2D eigenvalue weighted by Gasteiger charge is -2.24. The van der Waals surface area contributed by atoms with Gasteiger partial charge in [0.2, 0.25) is 0 Å². The van der Waals surface area contributed by atoms with E-state index in [1.807, 2.05) is 44.2 Å². The molecule has 0 unspecified atom stereocenters. The normalized spacial score (nSPS) is 14.6. The highest BCUT2D eigenvalue weighted by Crippen LogP contribution is 2.36. The van der Waals surface area contributed by atoms with Crippen LogP contribution in [0, 0.1) is 13.8 Å². The first-order chi connectivity index (χ1) is 17.3. The summed E-state index contributed by atoms with van der Waals surface area (Å²) in [7, 11) is -1.60. The minimum absolute atomic E-state index is 0.208. The number of hydrogen-bond donors (Lipinski definition) is 1. The number of para-hydroxylation sites is 1. The fourth-order valence-electron chi connectivity index (χ4n) is 4.38. The van der Waals surface area contributed by atoms with Crippen molar-refractivity contribution in [2.24, 2.45) is 0 Å². The fourth-order valence-corrected chi connectivity index (χ4v) is 5.93. The largest absolute Gasteiger partial charge is 0.322 e. The van der Waals surface area contributed by atoms with E-state index in [0.717, 1.165) is 22.4 Å². The van der Waals surface area contributed by atoms with E-state index in [9.17, 15) is 13.8 Å². The predicted molar refractivity (Wildman–Crippen MR) is 143 cm³/mol. The molecular formula is C29H23ClN2O3S. The van der Waals surface area contributed by atoms with Crippen molar-refractivity contribution in [2.45, 2.75) is 30.2 Å². The second-order valence-electron chi connectivity index (χ2n) is 8.69. The number of rotatable bonds is 4. The Morgan fingerprint density at radius 2 is 1.61 bits per heavy atom. The molecule has 1 heterocycles. The number of carbonyl (C=O) groups excluding carboxylic acids is 2. The Kier molecular flexibility index (Phi) is 6.48. The number of anilines is 2. The second-order valence-corrected chi connectivity index (χ2v) is 10.5. The molecule has 180 valence electrons. The van der Waals surface area contributed by atoms with Gasteiger partial charge in [0.05, 0.1) is 38.4 Å². The lowest BCUT2D eigenvalue weighted by Crippen LogP contribution is -2.30. The fraction of sp³-hybridized carbons (Fsp3) is 0.103. The van der Waals surface area contributed by atoms with Gasteiger partial charge in [-0.25, -0.2) is 4.21 Å². The summed E-state index contributed by atoms with van der Waals surface area (Å²) in [6.07, 6.45) is 0. The van der Waals surface area contributed by atoms with Crippen LogP contribution in [0.3, 0.4) is 0 Å². The molecule has 4 aromatic rings. The third-order valence-corrected chi connectivity index (χ3v) is 7.96. The molecule has 0 fully saturated rings. The molecule has 4 aromatic carbocycles. The highest BCUT2D eigenvalue weighted by atomic mass is 35.5. The van der Waals surface area contributed by atoms with Crippen LogP contribution in [0.1, 0.15) is 37.4 Å². The molecule has 0 spiro atoms. The van der Waals surface area contributed by atoms with Gasteiger partial charge in [0.15, 0.2) is 0 Å². The molecule has 1 atom stereocenters. The summed E-state index contributed by atoms with van der Waals surface area (Å²) >= 11 is 6.20. The van der Waals surface area contributed by atoms with Gasteiger partial charge in [-0.1, -0.05) is 54.1 Å². The first kappa shape index (κ1) is 24.0. The molecule has 1 aliphatic rings. The summed E-state index contributed by atoms with van der Waals surface area (Å²) in [5.41, 5.74) is 4.64. The number of hydrogen-bond acceptors (Lipinski definition) is 3. The Balaban J connectivity index is 1.61. The van der Waals surface area contributed by atoms with Crippen molar-refractivity contribution in [3.8, 4) is 0 Å². The quantitative estimate of drug-likeness (QED) is 0.336. The molecular weight excluding hydrogens is 492 g/mol. The van der Waals surface area contributed by atoms with Crippen LogP contribution in [0.4, 0.5) is 11.4 Å². The molecule has 0 aliphatic carbocycles. The molecule has 0 saturated heterocycles. The minimum Gasteiger partial charge on any atom is -0.322 e. The highest BCUT2D eigenvalue weighted by Gasteiger charge is 2.31. The summed E-state index contributed by atoms with van der Waals surface area (Å²) in [6.45, 7) is 4.08. The van der Waals surface area contributed by atoms with E-state index in [1.165, 1.54) is 0 Å². The Hall–Kier alpha value is -3.74. The summed E-state index contributed by atoms with van der Waals surface area (Å²) in [5.74, 6) is -0.595. The van der Waals surface area contributed by atoms with Gasteiger partial charge in [-0.05, 0) is 73.0 Å². The van der Waals surface area contributed by atoms with Gasteiger partial charge in [-0.15, -0.1) is 0 Å². The van der Waals surface area contributed by atoms with Gasteiger partial charge in [-0.3, -0.25) is 9.59 Å². The summed E-state index contributed by atoms with van der Waals surface area (Å²) in [5, 5.41) is 3.55. The number of halogens is 1. The van der Waals surface area contributed by atoms with Crippen LogP contribution in [-0.2, 0) is 17.3 Å². The van der Waals surface area contributed by atoms with E-state index in [-0.39, 0.29) is 18.4 Å². The highest BCUT2D eigenvalue weighted by molar-refractivity contribution is 7.85. The van der Waals surface area contributed by atoms with Gasteiger partial charge >= 0.3 is 0 Å². The molecule has 5 nitrogen and oxygen atoms in total. The van der Waals surface area contributed by atoms with E-state index in [0.29, 0.717) is 31.6 Å². The predicted octanol–water partition coefficient (Wildman–Crippen LogP) is 6.54. The van der Waals surface area contributed by atoms with E-state index >= 15 is 0 Å². The van der Waals surface area contributed by atoms with Gasteiger partial charge in [-0.2, -0.15) is 0 Å². The maximum Gasteiger partial charge on any atom is 0.259 e. The summed E-state index contributed by atoms with van der Waals surface area (Å²) < 4.78 is 13.6. The molecule has 2 amide bonds. The number of benzene rings is 4. The molecule has 1 N–H and O–H groups in total. The van der Waals surface area contributed by atoms with Crippen molar-refractivity contribution in [3.05, 3.63) is 118 Å². The van der Waals surface area contributed by atoms with Crippen molar-refractivity contribution < 1.29 is 13.8 Å². The topological polar surface area (TPSA) is 66.5 Å². The maximum atomic E-state index is 13.8. The Bertz CT molecular complexity index is 1530. The van der Waals surface area contributed by atoms with Crippen LogP contribution in [-0.4, -0.2) is 16.0 Å². The van der Waals surface area contributed by atoms with E-state index < -0.39 is 10.8 Å². The molecule has 0 bridgehead atoms. The van der Waals surface area contributed by atoms with E-state index in [4.69, 9.17) is 11.6 Å². The summed E-state index contributed by atoms with van der Waals surface area (Å²) in [6, 6.07) is 24.9. The zero-order valence-electron chi connectivity index (χ0n) is 19.7. The molecule has 0 radical (unpaired) electrons. The first-order valence-electron chi connectivity index (χ1n) is 11.4. The van der Waals surface area contributed by atoms with Gasteiger partial charge < -0.3 is 10.2 Å². The number of nitrogens with zero attached hydrogens (tertiary/aromatic N) is 1. The van der Waals surface area contributed by atoms with E-state index in [1.54, 1.807) is 59.5 Å². The van der Waals surface area contributed by atoms with Crippen LogP contribution in [0.25, 0.3) is 0 Å². The zero-order chi connectivity index (χ0) is 25.4. The van der Waals surface area contributed by atoms with Crippen molar-refractivity contribution in [3.63, 3.8) is 0 Å². The van der Waals surface area contributed by atoms with Crippen molar-refractivity contribution in [2.75, 3.05) is 10.2 Å². The number of carbonyl (C=O) groups is 2. The van der Waals surface area contributed by atoms with Crippen LogP contribution >= 0.6 is 11.6 Å². The number of nitrogens with one attached hydrogen (secondary N) is 1. The number of amides is 2. The molecule has 7 heteroatoms. The molecule has 0 aromatic heterocycles.